The maximum Gasteiger partial charge on any atom is 0.151 e. The molecule has 0 unspecified atom stereocenters. The molecular weight excluding hydrogens is 238 g/mol. The molecule has 4 heteroatoms. The van der Waals surface area contributed by atoms with E-state index in [0.29, 0.717) is 12.1 Å². The van der Waals surface area contributed by atoms with Gasteiger partial charge in [0.2, 0.25) is 0 Å². The van der Waals surface area contributed by atoms with Crippen LogP contribution in [0.15, 0.2) is 61.1 Å². The summed E-state index contributed by atoms with van der Waals surface area (Å²) in [5, 5.41) is 4.52. The van der Waals surface area contributed by atoms with Crippen LogP contribution in [0, 0.1) is 0 Å². The molecule has 4 nitrogen and oxygen atoms in total. The Morgan fingerprint density at radius 3 is 2.63 bits per heavy atom. The molecular formula is C15H13N3O. The molecule has 3 rings (SSSR count). The smallest absolute Gasteiger partial charge is 0.151 e. The molecule has 0 N–H and O–H groups in total. The molecule has 0 aliphatic rings. The molecule has 0 amide bonds. The molecule has 3 aromatic rings. The summed E-state index contributed by atoms with van der Waals surface area (Å²) in [6, 6.07) is 13.7. The predicted octanol–water partition coefficient (Wildman–Crippen LogP) is 2.53. The average Bonchev–Trinajstić information content (AvgIpc) is 3.09. The van der Waals surface area contributed by atoms with Crippen LogP contribution in [0.3, 0.4) is 0 Å². The second kappa shape index (κ2) is 4.94. The Morgan fingerprint density at radius 1 is 1.05 bits per heavy atom. The van der Waals surface area contributed by atoms with Crippen molar-refractivity contribution < 1.29 is 4.79 Å². The summed E-state index contributed by atoms with van der Waals surface area (Å²) in [4.78, 5) is 10.6. The van der Waals surface area contributed by atoms with Crippen molar-refractivity contribution in [2.75, 3.05) is 0 Å². The Morgan fingerprint density at radius 2 is 1.89 bits per heavy atom. The first-order chi connectivity index (χ1) is 9.35. The second-order valence-corrected chi connectivity index (χ2v) is 4.32. The zero-order valence-corrected chi connectivity index (χ0v) is 10.3. The summed E-state index contributed by atoms with van der Waals surface area (Å²) in [7, 11) is 0. The van der Waals surface area contributed by atoms with Gasteiger partial charge in [0.1, 0.15) is 0 Å². The highest BCUT2D eigenvalue weighted by Gasteiger charge is 2.02. The lowest BCUT2D eigenvalue weighted by Crippen LogP contribution is -2.00. The van der Waals surface area contributed by atoms with Crippen LogP contribution in [0.1, 0.15) is 16.1 Å². The van der Waals surface area contributed by atoms with E-state index in [0.717, 1.165) is 17.7 Å². The van der Waals surface area contributed by atoms with E-state index in [4.69, 9.17) is 0 Å². The minimum absolute atomic E-state index is 0.660. The Labute approximate surface area is 110 Å². The lowest BCUT2D eigenvalue weighted by Gasteiger charge is -2.01. The molecule has 2 aromatic heterocycles. The van der Waals surface area contributed by atoms with Gasteiger partial charge >= 0.3 is 0 Å². The van der Waals surface area contributed by atoms with E-state index in [1.54, 1.807) is 6.07 Å². The number of rotatable bonds is 4. The third kappa shape index (κ3) is 2.47. The first kappa shape index (κ1) is 11.5. The number of carbonyl (C=O) groups excluding carboxylic acids is 1. The highest BCUT2D eigenvalue weighted by Crippen LogP contribution is 2.08. The van der Waals surface area contributed by atoms with E-state index in [2.05, 4.69) is 5.10 Å². The van der Waals surface area contributed by atoms with Gasteiger partial charge in [-0.25, -0.2) is 4.68 Å². The van der Waals surface area contributed by atoms with Crippen molar-refractivity contribution in [3.05, 3.63) is 72.3 Å². The van der Waals surface area contributed by atoms with Gasteiger partial charge in [-0.05, 0) is 24.3 Å². The average molecular weight is 251 g/mol. The topological polar surface area (TPSA) is 39.8 Å². The van der Waals surface area contributed by atoms with Crippen LogP contribution in [0.25, 0.3) is 5.69 Å². The zero-order chi connectivity index (χ0) is 13.1. The zero-order valence-electron chi connectivity index (χ0n) is 10.3. The summed E-state index contributed by atoms with van der Waals surface area (Å²) in [5.74, 6) is 0. The lowest BCUT2D eigenvalue weighted by molar-refractivity contribution is 0.112. The van der Waals surface area contributed by atoms with Gasteiger partial charge in [-0.1, -0.05) is 18.2 Å². The molecule has 0 spiro atoms. The van der Waals surface area contributed by atoms with Crippen molar-refractivity contribution >= 4 is 6.29 Å². The minimum Gasteiger partial charge on any atom is -0.348 e. The Bertz CT molecular complexity index is 682. The monoisotopic (exact) mass is 251 g/mol. The van der Waals surface area contributed by atoms with Crippen molar-refractivity contribution in [3.63, 3.8) is 0 Å². The molecule has 0 radical (unpaired) electrons. The first-order valence-corrected chi connectivity index (χ1v) is 6.06. The van der Waals surface area contributed by atoms with E-state index in [9.17, 15) is 4.79 Å². The number of nitrogens with zero attached hydrogens (tertiary/aromatic N) is 3. The molecule has 0 saturated heterocycles. The van der Waals surface area contributed by atoms with Crippen LogP contribution in [-0.2, 0) is 6.54 Å². The van der Waals surface area contributed by atoms with Crippen molar-refractivity contribution in [1.29, 1.82) is 0 Å². The number of aldehydes is 1. The highest BCUT2D eigenvalue weighted by atomic mass is 16.1. The van der Waals surface area contributed by atoms with Crippen molar-refractivity contribution in [3.8, 4) is 5.69 Å². The molecule has 0 aliphatic carbocycles. The molecule has 2 heterocycles. The maximum absolute atomic E-state index is 10.6. The molecule has 0 fully saturated rings. The van der Waals surface area contributed by atoms with Gasteiger partial charge in [-0.3, -0.25) is 4.79 Å². The van der Waals surface area contributed by atoms with Gasteiger partial charge in [-0.2, -0.15) is 5.10 Å². The third-order valence-corrected chi connectivity index (χ3v) is 2.92. The highest BCUT2D eigenvalue weighted by molar-refractivity contribution is 5.74. The standard InChI is InChI=1S/C15H13N3O/c19-12-13-6-8-17(10-13)11-14-7-9-18(16-14)15-4-2-1-3-5-15/h1-10,12H,11H2. The molecule has 19 heavy (non-hydrogen) atoms. The van der Waals surface area contributed by atoms with Gasteiger partial charge in [0.05, 0.1) is 17.9 Å². The quantitative estimate of drug-likeness (QED) is 0.668. The van der Waals surface area contributed by atoms with E-state index < -0.39 is 0 Å². The molecule has 1 aromatic carbocycles. The van der Waals surface area contributed by atoms with Gasteiger partial charge in [0, 0.05) is 24.2 Å². The minimum atomic E-state index is 0.660. The number of para-hydroxylation sites is 1. The van der Waals surface area contributed by atoms with Crippen LogP contribution in [-0.4, -0.2) is 20.6 Å². The summed E-state index contributed by atoms with van der Waals surface area (Å²) >= 11 is 0. The first-order valence-electron chi connectivity index (χ1n) is 6.06. The van der Waals surface area contributed by atoms with Crippen molar-refractivity contribution in [2.24, 2.45) is 0 Å². The second-order valence-electron chi connectivity index (χ2n) is 4.32. The summed E-state index contributed by atoms with van der Waals surface area (Å²) in [6.45, 7) is 0.660. The van der Waals surface area contributed by atoms with Gasteiger partial charge in [-0.15, -0.1) is 0 Å². The van der Waals surface area contributed by atoms with Crippen LogP contribution < -0.4 is 0 Å². The van der Waals surface area contributed by atoms with Crippen LogP contribution in [0.2, 0.25) is 0 Å². The number of benzene rings is 1. The maximum atomic E-state index is 10.6. The predicted molar refractivity (Wildman–Crippen MR) is 72.5 cm³/mol. The fourth-order valence-corrected chi connectivity index (χ4v) is 1.99. The number of aromatic nitrogens is 3. The number of hydrogen-bond donors (Lipinski definition) is 0. The number of hydrogen-bond acceptors (Lipinski definition) is 2. The Balaban J connectivity index is 1.80. The Hall–Kier alpha value is -2.62. The number of carbonyl (C=O) groups is 1. The van der Waals surface area contributed by atoms with Gasteiger partial charge in [0.15, 0.2) is 6.29 Å². The largest absolute Gasteiger partial charge is 0.348 e. The van der Waals surface area contributed by atoms with Gasteiger partial charge < -0.3 is 4.57 Å². The summed E-state index contributed by atoms with van der Waals surface area (Å²) < 4.78 is 3.79. The molecule has 0 atom stereocenters. The van der Waals surface area contributed by atoms with Crippen LogP contribution in [0.5, 0.6) is 0 Å². The van der Waals surface area contributed by atoms with Crippen LogP contribution in [0.4, 0.5) is 0 Å². The molecule has 0 bridgehead atoms. The van der Waals surface area contributed by atoms with Crippen LogP contribution >= 0.6 is 0 Å². The van der Waals surface area contributed by atoms with E-state index >= 15 is 0 Å². The SMILES string of the molecule is O=Cc1ccn(Cc2ccn(-c3ccccc3)n2)c1. The van der Waals surface area contributed by atoms with Gasteiger partial charge in [0.25, 0.3) is 0 Å². The summed E-state index contributed by atoms with van der Waals surface area (Å²) in [6.07, 6.45) is 6.48. The van der Waals surface area contributed by atoms with E-state index in [-0.39, 0.29) is 0 Å². The van der Waals surface area contributed by atoms with E-state index in [1.165, 1.54) is 0 Å². The summed E-state index contributed by atoms with van der Waals surface area (Å²) in [5.41, 5.74) is 2.68. The fourth-order valence-electron chi connectivity index (χ4n) is 1.99. The van der Waals surface area contributed by atoms with Crippen molar-refractivity contribution in [1.82, 2.24) is 14.3 Å². The lowest BCUT2D eigenvalue weighted by atomic mass is 10.3. The normalized spacial score (nSPS) is 10.5. The van der Waals surface area contributed by atoms with Crippen molar-refractivity contribution in [2.45, 2.75) is 6.54 Å². The fraction of sp³-hybridized carbons (Fsp3) is 0.0667. The molecule has 94 valence electrons. The Kier molecular flexibility index (Phi) is 2.98. The molecule has 0 saturated carbocycles. The molecule has 0 aliphatic heterocycles. The third-order valence-electron chi connectivity index (χ3n) is 2.92. The van der Waals surface area contributed by atoms with E-state index in [1.807, 2.05) is 64.2 Å².